The molecule has 2 heterocycles. The van der Waals surface area contributed by atoms with Crippen molar-refractivity contribution in [3.8, 4) is 0 Å². The molecular formula is C12H15ClN2O3. The Labute approximate surface area is 110 Å². The molecule has 98 valence electrons. The average Bonchev–Trinajstić information content (AvgIpc) is 2.66. The first-order chi connectivity index (χ1) is 8.46. The van der Waals surface area contributed by atoms with Crippen molar-refractivity contribution in [1.82, 2.24) is 10.3 Å². The highest BCUT2D eigenvalue weighted by Gasteiger charge is 2.32. The molecule has 0 aromatic carbocycles. The van der Waals surface area contributed by atoms with Gasteiger partial charge in [-0.25, -0.2) is 4.98 Å². The van der Waals surface area contributed by atoms with Crippen molar-refractivity contribution < 1.29 is 14.3 Å². The zero-order valence-corrected chi connectivity index (χ0v) is 11.0. The van der Waals surface area contributed by atoms with E-state index in [1.165, 1.54) is 12.3 Å². The fourth-order valence-corrected chi connectivity index (χ4v) is 1.89. The van der Waals surface area contributed by atoms with Crippen LogP contribution in [0.4, 0.5) is 0 Å². The highest BCUT2D eigenvalue weighted by Crippen LogP contribution is 2.21. The highest BCUT2D eigenvalue weighted by molar-refractivity contribution is 6.29. The van der Waals surface area contributed by atoms with Gasteiger partial charge in [-0.15, -0.1) is 0 Å². The molecule has 0 saturated carbocycles. The molecule has 0 spiro atoms. The van der Waals surface area contributed by atoms with Gasteiger partial charge in [0.15, 0.2) is 5.79 Å². The van der Waals surface area contributed by atoms with Crippen molar-refractivity contribution in [1.29, 1.82) is 0 Å². The molecule has 6 heteroatoms. The van der Waals surface area contributed by atoms with E-state index < -0.39 is 5.79 Å². The number of rotatable bonds is 3. The summed E-state index contributed by atoms with van der Waals surface area (Å²) < 4.78 is 11.0. The second kappa shape index (κ2) is 5.22. The van der Waals surface area contributed by atoms with Crippen LogP contribution in [0, 0.1) is 0 Å². The zero-order valence-electron chi connectivity index (χ0n) is 10.3. The van der Waals surface area contributed by atoms with E-state index in [0.717, 1.165) is 0 Å². The fourth-order valence-electron chi connectivity index (χ4n) is 1.72. The summed E-state index contributed by atoms with van der Waals surface area (Å²) in [6.45, 7) is 4.57. The molecule has 1 aliphatic rings. The van der Waals surface area contributed by atoms with E-state index in [-0.39, 0.29) is 12.0 Å². The largest absolute Gasteiger partial charge is 0.349 e. The lowest BCUT2D eigenvalue weighted by Crippen LogP contribution is -2.34. The Morgan fingerprint density at radius 3 is 3.06 bits per heavy atom. The van der Waals surface area contributed by atoms with Crippen LogP contribution in [0.1, 0.15) is 24.2 Å². The van der Waals surface area contributed by atoms with Crippen LogP contribution in [0.5, 0.6) is 0 Å². The van der Waals surface area contributed by atoms with E-state index in [4.69, 9.17) is 21.1 Å². The van der Waals surface area contributed by atoms with Crippen molar-refractivity contribution in [2.24, 2.45) is 0 Å². The molecule has 0 bridgehead atoms. The van der Waals surface area contributed by atoms with E-state index in [2.05, 4.69) is 10.3 Å². The molecule has 1 amide bonds. The van der Waals surface area contributed by atoms with E-state index in [1.54, 1.807) is 6.07 Å². The first-order valence-electron chi connectivity index (χ1n) is 5.68. The van der Waals surface area contributed by atoms with Crippen LogP contribution >= 0.6 is 11.6 Å². The summed E-state index contributed by atoms with van der Waals surface area (Å²) in [7, 11) is 0. The summed E-state index contributed by atoms with van der Waals surface area (Å²) in [6, 6.07) is 3.13. The first-order valence-corrected chi connectivity index (χ1v) is 6.05. The van der Waals surface area contributed by atoms with Gasteiger partial charge in [0.05, 0.1) is 6.61 Å². The Kier molecular flexibility index (Phi) is 3.85. The molecule has 1 N–H and O–H groups in total. The number of pyridine rings is 1. The molecule has 1 unspecified atom stereocenters. The lowest BCUT2D eigenvalue weighted by Gasteiger charge is -2.17. The van der Waals surface area contributed by atoms with Crippen LogP contribution in [-0.4, -0.2) is 35.9 Å². The molecule has 18 heavy (non-hydrogen) atoms. The van der Waals surface area contributed by atoms with E-state index in [1.807, 2.05) is 13.8 Å². The number of ether oxygens (including phenoxy) is 2. The average molecular weight is 271 g/mol. The Morgan fingerprint density at radius 2 is 2.44 bits per heavy atom. The van der Waals surface area contributed by atoms with Gasteiger partial charge in [0.25, 0.3) is 5.91 Å². The maximum atomic E-state index is 11.8. The minimum absolute atomic E-state index is 0.124. The first kappa shape index (κ1) is 13.3. The van der Waals surface area contributed by atoms with E-state index >= 15 is 0 Å². The molecule has 1 aliphatic heterocycles. The molecule has 1 atom stereocenters. The molecule has 0 aliphatic carbocycles. The predicted molar refractivity (Wildman–Crippen MR) is 66.5 cm³/mol. The number of carbonyl (C=O) groups excluding carboxylic acids is 1. The van der Waals surface area contributed by atoms with Gasteiger partial charge in [0.1, 0.15) is 11.3 Å². The summed E-state index contributed by atoms with van der Waals surface area (Å²) in [6.07, 6.45) is 1.37. The van der Waals surface area contributed by atoms with E-state index in [0.29, 0.717) is 23.9 Å². The van der Waals surface area contributed by atoms with Crippen molar-refractivity contribution >= 4 is 17.5 Å². The third-order valence-corrected chi connectivity index (χ3v) is 2.75. The van der Waals surface area contributed by atoms with Gasteiger partial charge in [-0.05, 0) is 26.0 Å². The van der Waals surface area contributed by atoms with Crippen LogP contribution in [0.3, 0.4) is 0 Å². The number of halogens is 1. The summed E-state index contributed by atoms with van der Waals surface area (Å²) in [4.78, 5) is 15.6. The minimum Gasteiger partial charge on any atom is -0.349 e. The van der Waals surface area contributed by atoms with E-state index in [9.17, 15) is 4.79 Å². The van der Waals surface area contributed by atoms with Crippen LogP contribution in [-0.2, 0) is 9.47 Å². The Hall–Kier alpha value is -1.17. The standard InChI is InChI=1S/C12H15ClN2O3/c1-12(2)17-7-9(18-12)6-15-11(16)8-3-4-14-10(13)5-8/h3-5,9H,6-7H2,1-2H3,(H,15,16). The fraction of sp³-hybridized carbons (Fsp3) is 0.500. The molecule has 5 nitrogen and oxygen atoms in total. The third-order valence-electron chi connectivity index (χ3n) is 2.55. The second-order valence-corrected chi connectivity index (χ2v) is 4.92. The topological polar surface area (TPSA) is 60.5 Å². The summed E-state index contributed by atoms with van der Waals surface area (Å²) in [5, 5.41) is 3.07. The molecule has 1 fully saturated rings. The van der Waals surface area contributed by atoms with Gasteiger partial charge >= 0.3 is 0 Å². The number of aromatic nitrogens is 1. The number of carbonyl (C=O) groups is 1. The van der Waals surface area contributed by atoms with Crippen molar-refractivity contribution in [2.45, 2.75) is 25.7 Å². The molecule has 1 aromatic rings. The highest BCUT2D eigenvalue weighted by atomic mass is 35.5. The Morgan fingerprint density at radius 1 is 1.67 bits per heavy atom. The molecule has 1 saturated heterocycles. The van der Waals surface area contributed by atoms with Gasteiger partial charge in [0, 0.05) is 18.3 Å². The van der Waals surface area contributed by atoms with Crippen LogP contribution in [0.25, 0.3) is 0 Å². The quantitative estimate of drug-likeness (QED) is 0.848. The number of amides is 1. The summed E-state index contributed by atoms with van der Waals surface area (Å²) in [5.41, 5.74) is 0.480. The van der Waals surface area contributed by atoms with Gasteiger partial charge in [0.2, 0.25) is 0 Å². The van der Waals surface area contributed by atoms with Crippen molar-refractivity contribution in [2.75, 3.05) is 13.2 Å². The minimum atomic E-state index is -0.574. The SMILES string of the molecule is CC1(C)OCC(CNC(=O)c2ccnc(Cl)c2)O1. The molecule has 0 radical (unpaired) electrons. The van der Waals surface area contributed by atoms with Gasteiger partial charge in [-0.1, -0.05) is 11.6 Å². The lowest BCUT2D eigenvalue weighted by molar-refractivity contribution is -0.137. The number of nitrogens with one attached hydrogen (secondary N) is 1. The summed E-state index contributed by atoms with van der Waals surface area (Å²) >= 11 is 5.72. The Bertz CT molecular complexity index is 451. The molecular weight excluding hydrogens is 256 g/mol. The smallest absolute Gasteiger partial charge is 0.251 e. The number of hydrogen-bond donors (Lipinski definition) is 1. The normalized spacial score (nSPS) is 21.8. The predicted octanol–water partition coefficient (Wildman–Crippen LogP) is 1.62. The monoisotopic (exact) mass is 270 g/mol. The number of hydrogen-bond acceptors (Lipinski definition) is 4. The van der Waals surface area contributed by atoms with Crippen LogP contribution in [0.2, 0.25) is 5.15 Å². The number of nitrogens with zero attached hydrogens (tertiary/aromatic N) is 1. The zero-order chi connectivity index (χ0) is 13.2. The van der Waals surface area contributed by atoms with Gasteiger partial charge in [-0.2, -0.15) is 0 Å². The molecule has 1 aromatic heterocycles. The second-order valence-electron chi connectivity index (χ2n) is 4.53. The third kappa shape index (κ3) is 3.41. The van der Waals surface area contributed by atoms with Crippen LogP contribution < -0.4 is 5.32 Å². The Balaban J connectivity index is 1.86. The maximum absolute atomic E-state index is 11.8. The van der Waals surface area contributed by atoms with Gasteiger partial charge in [-0.3, -0.25) is 4.79 Å². The van der Waals surface area contributed by atoms with Crippen LogP contribution in [0.15, 0.2) is 18.3 Å². The summed E-state index contributed by atoms with van der Waals surface area (Å²) in [5.74, 6) is -0.775. The molecule has 2 rings (SSSR count). The van der Waals surface area contributed by atoms with Crippen molar-refractivity contribution in [3.63, 3.8) is 0 Å². The van der Waals surface area contributed by atoms with Gasteiger partial charge < -0.3 is 14.8 Å². The lowest BCUT2D eigenvalue weighted by atomic mass is 10.2. The van der Waals surface area contributed by atoms with Crippen molar-refractivity contribution in [3.05, 3.63) is 29.0 Å². The maximum Gasteiger partial charge on any atom is 0.251 e.